The van der Waals surface area contributed by atoms with Gasteiger partial charge in [-0.15, -0.1) is 0 Å². The van der Waals surface area contributed by atoms with Gasteiger partial charge in [0, 0.05) is 24.6 Å². The Balaban J connectivity index is 1.47. The normalized spacial score (nSPS) is 39.0. The highest BCUT2D eigenvalue weighted by molar-refractivity contribution is 5.12. The zero-order chi connectivity index (χ0) is 13.5. The van der Waals surface area contributed by atoms with Crippen molar-refractivity contribution in [2.24, 2.45) is 5.41 Å². The molecule has 0 aromatic heterocycles. The topological polar surface area (TPSA) is 39.7 Å². The molecule has 110 valence electrons. The SMILES string of the molecule is CCOC1CC(NCC2COC(C)(C)O2)C12CCC2. The van der Waals surface area contributed by atoms with Crippen LogP contribution in [0.1, 0.15) is 46.5 Å². The van der Waals surface area contributed by atoms with Crippen LogP contribution in [0.3, 0.4) is 0 Å². The van der Waals surface area contributed by atoms with Crippen molar-refractivity contribution in [1.29, 1.82) is 0 Å². The second-order valence-electron chi connectivity index (χ2n) is 6.68. The largest absolute Gasteiger partial charge is 0.378 e. The van der Waals surface area contributed by atoms with Gasteiger partial charge in [-0.2, -0.15) is 0 Å². The predicted molar refractivity (Wildman–Crippen MR) is 73.0 cm³/mol. The highest BCUT2D eigenvalue weighted by Gasteiger charge is 2.58. The summed E-state index contributed by atoms with van der Waals surface area (Å²) in [6, 6.07) is 0.616. The molecular formula is C15H27NO3. The number of rotatable bonds is 5. The number of nitrogens with one attached hydrogen (secondary N) is 1. The maximum atomic E-state index is 5.87. The molecule has 19 heavy (non-hydrogen) atoms. The zero-order valence-electron chi connectivity index (χ0n) is 12.4. The molecule has 0 bridgehead atoms. The van der Waals surface area contributed by atoms with Crippen molar-refractivity contribution >= 4 is 0 Å². The van der Waals surface area contributed by atoms with Crippen molar-refractivity contribution in [3.8, 4) is 0 Å². The molecule has 0 aromatic rings. The van der Waals surface area contributed by atoms with E-state index in [0.717, 1.165) is 19.6 Å². The van der Waals surface area contributed by atoms with E-state index in [1.54, 1.807) is 0 Å². The maximum Gasteiger partial charge on any atom is 0.163 e. The van der Waals surface area contributed by atoms with Gasteiger partial charge in [-0.25, -0.2) is 0 Å². The Bertz CT molecular complexity index is 327. The van der Waals surface area contributed by atoms with E-state index in [1.165, 1.54) is 19.3 Å². The molecule has 1 aliphatic heterocycles. The average Bonchev–Trinajstić information content (AvgIpc) is 2.60. The van der Waals surface area contributed by atoms with Crippen LogP contribution in [-0.2, 0) is 14.2 Å². The minimum atomic E-state index is -0.409. The van der Waals surface area contributed by atoms with Gasteiger partial charge < -0.3 is 19.5 Å². The van der Waals surface area contributed by atoms with Gasteiger partial charge in [-0.05, 0) is 40.0 Å². The average molecular weight is 269 g/mol. The van der Waals surface area contributed by atoms with Crippen LogP contribution in [0.25, 0.3) is 0 Å². The first-order chi connectivity index (χ1) is 9.06. The molecule has 3 rings (SSSR count). The summed E-state index contributed by atoms with van der Waals surface area (Å²) in [5.74, 6) is -0.409. The number of ether oxygens (including phenoxy) is 3. The molecule has 1 saturated heterocycles. The van der Waals surface area contributed by atoms with E-state index >= 15 is 0 Å². The minimum Gasteiger partial charge on any atom is -0.378 e. The fourth-order valence-electron chi connectivity index (χ4n) is 3.86. The molecular weight excluding hydrogens is 242 g/mol. The summed E-state index contributed by atoms with van der Waals surface area (Å²) in [7, 11) is 0. The summed E-state index contributed by atoms with van der Waals surface area (Å²) in [4.78, 5) is 0. The lowest BCUT2D eigenvalue weighted by atomic mass is 9.51. The maximum absolute atomic E-state index is 5.87. The number of hydrogen-bond donors (Lipinski definition) is 1. The first-order valence-electron chi connectivity index (χ1n) is 7.72. The van der Waals surface area contributed by atoms with Crippen molar-refractivity contribution in [3.05, 3.63) is 0 Å². The van der Waals surface area contributed by atoms with Crippen LogP contribution in [0.15, 0.2) is 0 Å². The quantitative estimate of drug-likeness (QED) is 0.829. The second kappa shape index (κ2) is 4.99. The van der Waals surface area contributed by atoms with Crippen LogP contribution in [0.4, 0.5) is 0 Å². The van der Waals surface area contributed by atoms with E-state index in [2.05, 4.69) is 12.2 Å². The fraction of sp³-hybridized carbons (Fsp3) is 1.00. The summed E-state index contributed by atoms with van der Waals surface area (Å²) in [6.07, 6.45) is 5.84. The smallest absolute Gasteiger partial charge is 0.163 e. The highest BCUT2D eigenvalue weighted by Crippen LogP contribution is 2.57. The van der Waals surface area contributed by atoms with Crippen molar-refractivity contribution in [1.82, 2.24) is 5.32 Å². The Morgan fingerprint density at radius 2 is 2.11 bits per heavy atom. The van der Waals surface area contributed by atoms with E-state index in [4.69, 9.17) is 14.2 Å². The van der Waals surface area contributed by atoms with Gasteiger partial charge in [0.15, 0.2) is 5.79 Å². The summed E-state index contributed by atoms with van der Waals surface area (Å²) in [6.45, 7) is 8.50. The van der Waals surface area contributed by atoms with E-state index in [1.807, 2.05) is 13.8 Å². The van der Waals surface area contributed by atoms with Crippen LogP contribution in [-0.4, -0.2) is 43.8 Å². The third kappa shape index (κ3) is 2.44. The van der Waals surface area contributed by atoms with Gasteiger partial charge >= 0.3 is 0 Å². The van der Waals surface area contributed by atoms with E-state index < -0.39 is 5.79 Å². The standard InChI is InChI=1S/C15H27NO3/c1-4-17-13-8-12(15(13)6-5-7-15)16-9-11-10-18-14(2,3)19-11/h11-13,16H,4-10H2,1-3H3. The fourth-order valence-corrected chi connectivity index (χ4v) is 3.86. The highest BCUT2D eigenvalue weighted by atomic mass is 16.7. The van der Waals surface area contributed by atoms with E-state index in [9.17, 15) is 0 Å². The number of hydrogen-bond acceptors (Lipinski definition) is 4. The van der Waals surface area contributed by atoms with Crippen LogP contribution < -0.4 is 5.32 Å². The predicted octanol–water partition coefficient (Wildman–Crippen LogP) is 2.08. The molecule has 3 atom stereocenters. The molecule has 4 nitrogen and oxygen atoms in total. The first kappa shape index (κ1) is 13.8. The minimum absolute atomic E-state index is 0.193. The van der Waals surface area contributed by atoms with Crippen molar-refractivity contribution in [3.63, 3.8) is 0 Å². The van der Waals surface area contributed by atoms with Gasteiger partial charge in [-0.3, -0.25) is 0 Å². The Morgan fingerprint density at radius 1 is 1.32 bits per heavy atom. The molecule has 0 amide bonds. The lowest BCUT2D eigenvalue weighted by Crippen LogP contribution is -2.67. The Morgan fingerprint density at radius 3 is 2.63 bits per heavy atom. The van der Waals surface area contributed by atoms with Crippen LogP contribution in [0.2, 0.25) is 0 Å². The van der Waals surface area contributed by atoms with Crippen molar-refractivity contribution in [2.75, 3.05) is 19.8 Å². The van der Waals surface area contributed by atoms with Crippen LogP contribution in [0.5, 0.6) is 0 Å². The second-order valence-corrected chi connectivity index (χ2v) is 6.68. The van der Waals surface area contributed by atoms with Gasteiger partial charge in [-0.1, -0.05) is 6.42 Å². The van der Waals surface area contributed by atoms with Crippen molar-refractivity contribution in [2.45, 2.75) is 70.5 Å². The lowest BCUT2D eigenvalue weighted by molar-refractivity contribution is -0.175. The molecule has 0 aromatic carbocycles. The molecule has 3 aliphatic rings. The van der Waals surface area contributed by atoms with E-state index in [-0.39, 0.29) is 6.10 Å². The first-order valence-corrected chi connectivity index (χ1v) is 7.72. The summed E-state index contributed by atoms with van der Waals surface area (Å²) >= 11 is 0. The van der Waals surface area contributed by atoms with Crippen LogP contribution >= 0.6 is 0 Å². The van der Waals surface area contributed by atoms with Crippen LogP contribution in [0, 0.1) is 5.41 Å². The van der Waals surface area contributed by atoms with Gasteiger partial charge in [0.1, 0.15) is 0 Å². The molecule has 2 saturated carbocycles. The third-order valence-corrected chi connectivity index (χ3v) is 5.10. The summed E-state index contributed by atoms with van der Waals surface area (Å²) in [5, 5.41) is 3.69. The Kier molecular flexibility index (Phi) is 3.63. The van der Waals surface area contributed by atoms with Gasteiger partial charge in [0.2, 0.25) is 0 Å². The molecule has 0 radical (unpaired) electrons. The Hall–Kier alpha value is -0.160. The third-order valence-electron chi connectivity index (χ3n) is 5.10. The molecule has 3 unspecified atom stereocenters. The molecule has 1 N–H and O–H groups in total. The summed E-state index contributed by atoms with van der Waals surface area (Å²) < 4.78 is 17.3. The van der Waals surface area contributed by atoms with E-state index in [0.29, 0.717) is 24.2 Å². The lowest BCUT2D eigenvalue weighted by Gasteiger charge is -2.61. The molecule has 3 fully saturated rings. The molecule has 1 heterocycles. The molecule has 2 aliphatic carbocycles. The molecule has 1 spiro atoms. The summed E-state index contributed by atoms with van der Waals surface area (Å²) in [5.41, 5.74) is 0.436. The van der Waals surface area contributed by atoms with Gasteiger partial charge in [0.05, 0.1) is 18.8 Å². The molecule has 4 heteroatoms. The monoisotopic (exact) mass is 269 g/mol. The zero-order valence-corrected chi connectivity index (χ0v) is 12.4. The Labute approximate surface area is 116 Å². The van der Waals surface area contributed by atoms with Gasteiger partial charge in [0.25, 0.3) is 0 Å². The van der Waals surface area contributed by atoms with Crippen molar-refractivity contribution < 1.29 is 14.2 Å².